The maximum atomic E-state index is 10.7. The molecule has 0 heterocycles. The van der Waals surface area contributed by atoms with Crippen LogP contribution in [0, 0.1) is 10.1 Å². The third kappa shape index (κ3) is 3.83. The van der Waals surface area contributed by atoms with E-state index in [-0.39, 0.29) is 11.4 Å². The van der Waals surface area contributed by atoms with Crippen molar-refractivity contribution < 1.29 is 10.0 Å². The van der Waals surface area contributed by atoms with Crippen LogP contribution in [0.3, 0.4) is 0 Å². The molecule has 1 rings (SSSR count). The molecule has 0 radical (unpaired) electrons. The first-order valence-electron chi connectivity index (χ1n) is 4.76. The molecule has 1 aromatic rings. The van der Waals surface area contributed by atoms with E-state index in [0.717, 1.165) is 0 Å². The number of nitro benzene ring substituents is 1. The van der Waals surface area contributed by atoms with Gasteiger partial charge >= 0.3 is 0 Å². The summed E-state index contributed by atoms with van der Waals surface area (Å²) in [7, 11) is 0. The van der Waals surface area contributed by atoms with Crippen molar-refractivity contribution in [3.8, 4) is 0 Å². The van der Waals surface area contributed by atoms with Gasteiger partial charge in [0.15, 0.2) is 0 Å². The number of rotatable bonds is 5. The lowest BCUT2D eigenvalue weighted by Gasteiger charge is -2.05. The minimum Gasteiger partial charge on any atom is -0.509 e. The molecule has 17 heavy (non-hydrogen) atoms. The zero-order valence-electron chi connectivity index (χ0n) is 9.09. The van der Waals surface area contributed by atoms with Crippen LogP contribution in [-0.4, -0.2) is 10.0 Å². The van der Waals surface area contributed by atoms with Gasteiger partial charge in [-0.15, -0.1) is 0 Å². The smallest absolute Gasteiger partial charge is 0.292 e. The molecule has 0 aliphatic carbocycles. The molecule has 0 saturated carbocycles. The largest absolute Gasteiger partial charge is 0.509 e. The lowest BCUT2D eigenvalue weighted by atomic mass is 10.2. The van der Waals surface area contributed by atoms with E-state index in [1.807, 2.05) is 0 Å². The van der Waals surface area contributed by atoms with Gasteiger partial charge in [-0.2, -0.15) is 0 Å². The van der Waals surface area contributed by atoms with Crippen molar-refractivity contribution >= 4 is 11.4 Å². The predicted octanol–water partition coefficient (Wildman–Crippen LogP) is 3.15. The molecule has 5 nitrogen and oxygen atoms in total. The lowest BCUT2D eigenvalue weighted by Crippen LogP contribution is -1.99. The summed E-state index contributed by atoms with van der Waals surface area (Å²) in [5.41, 5.74) is 0.718. The highest BCUT2D eigenvalue weighted by atomic mass is 16.6. The number of aliphatic hydroxyl groups is 1. The number of allylic oxidation sites excluding steroid dienone is 2. The number of nitrogens with zero attached hydrogens (tertiary/aromatic N) is 1. The van der Waals surface area contributed by atoms with Crippen LogP contribution in [-0.2, 0) is 0 Å². The maximum absolute atomic E-state index is 10.7. The number of para-hydroxylation sites is 2. The molecule has 0 unspecified atom stereocenters. The Labute approximate surface area is 98.5 Å². The Hall–Kier alpha value is -2.56. The van der Waals surface area contributed by atoms with Crippen molar-refractivity contribution in [3.05, 3.63) is 71.1 Å². The first kappa shape index (κ1) is 12.5. The van der Waals surface area contributed by atoms with E-state index in [9.17, 15) is 10.1 Å². The SMILES string of the molecule is C=C(O)/C=C\C(=C)Nc1ccccc1[N+](=O)[O-]. The molecule has 0 aliphatic rings. The average molecular weight is 232 g/mol. The van der Waals surface area contributed by atoms with E-state index >= 15 is 0 Å². The Morgan fingerprint density at radius 1 is 1.35 bits per heavy atom. The van der Waals surface area contributed by atoms with E-state index in [4.69, 9.17) is 5.11 Å². The summed E-state index contributed by atoms with van der Waals surface area (Å²) in [5.74, 6) is -0.115. The van der Waals surface area contributed by atoms with Gasteiger partial charge in [0.25, 0.3) is 5.69 Å². The number of nitro groups is 1. The molecule has 5 heteroatoms. The van der Waals surface area contributed by atoms with E-state index in [2.05, 4.69) is 18.5 Å². The third-order valence-corrected chi connectivity index (χ3v) is 1.87. The molecule has 1 aromatic carbocycles. The fourth-order valence-corrected chi connectivity index (χ4v) is 1.15. The molecule has 2 N–H and O–H groups in total. The molecular weight excluding hydrogens is 220 g/mol. The van der Waals surface area contributed by atoms with Gasteiger partial charge in [-0.3, -0.25) is 10.1 Å². The lowest BCUT2D eigenvalue weighted by molar-refractivity contribution is -0.383. The first-order chi connectivity index (χ1) is 8.00. The number of benzene rings is 1. The normalized spacial score (nSPS) is 10.1. The van der Waals surface area contributed by atoms with Crippen molar-refractivity contribution in [1.29, 1.82) is 0 Å². The number of nitrogens with one attached hydrogen (secondary N) is 1. The Morgan fingerprint density at radius 3 is 2.59 bits per heavy atom. The quantitative estimate of drug-likeness (QED) is 0.354. The topological polar surface area (TPSA) is 75.4 Å². The van der Waals surface area contributed by atoms with Crippen molar-refractivity contribution in [2.24, 2.45) is 0 Å². The zero-order chi connectivity index (χ0) is 12.8. The van der Waals surface area contributed by atoms with Crippen molar-refractivity contribution in [2.75, 3.05) is 5.32 Å². The summed E-state index contributed by atoms with van der Waals surface area (Å²) in [5, 5.41) is 22.4. The second-order valence-electron chi connectivity index (χ2n) is 3.25. The number of anilines is 1. The monoisotopic (exact) mass is 232 g/mol. The summed E-state index contributed by atoms with van der Waals surface area (Å²) in [6.07, 6.45) is 2.81. The van der Waals surface area contributed by atoms with Crippen LogP contribution in [0.15, 0.2) is 61.0 Å². The summed E-state index contributed by atoms with van der Waals surface area (Å²) >= 11 is 0. The molecule has 0 fully saturated rings. The highest BCUT2D eigenvalue weighted by Crippen LogP contribution is 2.24. The van der Waals surface area contributed by atoms with Gasteiger partial charge < -0.3 is 10.4 Å². The van der Waals surface area contributed by atoms with Crippen LogP contribution in [0.25, 0.3) is 0 Å². The third-order valence-electron chi connectivity index (χ3n) is 1.87. The molecule has 0 amide bonds. The Balaban J connectivity index is 2.85. The summed E-state index contributed by atoms with van der Waals surface area (Å²) in [6, 6.07) is 6.23. The molecule has 0 atom stereocenters. The fourth-order valence-electron chi connectivity index (χ4n) is 1.15. The van der Waals surface area contributed by atoms with Gasteiger partial charge in [-0.05, 0) is 18.2 Å². The van der Waals surface area contributed by atoms with E-state index in [0.29, 0.717) is 11.4 Å². The minimum absolute atomic E-state index is 0.0372. The highest BCUT2D eigenvalue weighted by molar-refractivity contribution is 5.64. The second-order valence-corrected chi connectivity index (χ2v) is 3.25. The molecule has 0 spiro atoms. The predicted molar refractivity (Wildman–Crippen MR) is 66.8 cm³/mol. The van der Waals surface area contributed by atoms with Gasteiger partial charge in [0.05, 0.1) is 4.92 Å². The second kappa shape index (κ2) is 5.50. The van der Waals surface area contributed by atoms with Gasteiger partial charge in [0, 0.05) is 11.8 Å². The highest BCUT2D eigenvalue weighted by Gasteiger charge is 2.11. The zero-order valence-corrected chi connectivity index (χ0v) is 9.09. The van der Waals surface area contributed by atoms with Crippen LogP contribution in [0.5, 0.6) is 0 Å². The van der Waals surface area contributed by atoms with Crippen LogP contribution in [0.2, 0.25) is 0 Å². The fraction of sp³-hybridized carbons (Fsp3) is 0. The molecule has 0 aliphatic heterocycles. The van der Waals surface area contributed by atoms with Crippen molar-refractivity contribution in [2.45, 2.75) is 0 Å². The molecule has 88 valence electrons. The van der Waals surface area contributed by atoms with Crippen molar-refractivity contribution in [1.82, 2.24) is 0 Å². The minimum atomic E-state index is -0.482. The molecule has 0 bridgehead atoms. The first-order valence-corrected chi connectivity index (χ1v) is 4.76. The number of hydrogen-bond acceptors (Lipinski definition) is 4. The molecule has 0 saturated heterocycles. The maximum Gasteiger partial charge on any atom is 0.292 e. The van der Waals surface area contributed by atoms with Gasteiger partial charge in [-0.1, -0.05) is 25.3 Å². The summed E-state index contributed by atoms with van der Waals surface area (Å²) in [6.45, 7) is 6.92. The Morgan fingerprint density at radius 2 is 2.00 bits per heavy atom. The molecule has 0 aromatic heterocycles. The van der Waals surface area contributed by atoms with E-state index in [1.54, 1.807) is 18.2 Å². The average Bonchev–Trinajstić information content (AvgIpc) is 2.27. The van der Waals surface area contributed by atoms with Gasteiger partial charge in [0.2, 0.25) is 0 Å². The standard InChI is InChI=1S/C12H12N2O3/c1-9(7-8-10(2)15)13-11-5-3-4-6-12(11)14(16)17/h3-8,13,15H,1-2H2/b8-7-. The molecular formula is C12H12N2O3. The van der Waals surface area contributed by atoms with Crippen LogP contribution < -0.4 is 5.32 Å². The van der Waals surface area contributed by atoms with Crippen LogP contribution in [0.1, 0.15) is 0 Å². The number of aliphatic hydroxyl groups excluding tert-OH is 1. The van der Waals surface area contributed by atoms with Crippen LogP contribution >= 0.6 is 0 Å². The van der Waals surface area contributed by atoms with Gasteiger partial charge in [0.1, 0.15) is 11.4 Å². The summed E-state index contributed by atoms with van der Waals surface area (Å²) < 4.78 is 0. The van der Waals surface area contributed by atoms with E-state index in [1.165, 1.54) is 18.2 Å². The Bertz CT molecular complexity index is 492. The summed E-state index contributed by atoms with van der Waals surface area (Å²) in [4.78, 5) is 10.3. The van der Waals surface area contributed by atoms with Crippen LogP contribution in [0.4, 0.5) is 11.4 Å². The van der Waals surface area contributed by atoms with Crippen molar-refractivity contribution in [3.63, 3.8) is 0 Å². The Kier molecular flexibility index (Phi) is 4.05. The van der Waals surface area contributed by atoms with E-state index < -0.39 is 4.92 Å². The van der Waals surface area contributed by atoms with Gasteiger partial charge in [-0.25, -0.2) is 0 Å². The number of hydrogen-bond donors (Lipinski definition) is 2.